The van der Waals surface area contributed by atoms with E-state index in [0.29, 0.717) is 32.1 Å². The van der Waals surface area contributed by atoms with E-state index < -0.39 is 0 Å². The quantitative estimate of drug-likeness (QED) is 0.793. The maximum atomic E-state index is 12.7. The number of aromatic nitrogens is 2. The average Bonchev–Trinajstić information content (AvgIpc) is 3.37. The third-order valence-electron chi connectivity index (χ3n) is 4.96. The number of piperazine rings is 1. The summed E-state index contributed by atoms with van der Waals surface area (Å²) in [5.41, 5.74) is 0. The number of carbonyl (C=O) groups is 2. The lowest BCUT2D eigenvalue weighted by molar-refractivity contribution is -0.136. The van der Waals surface area contributed by atoms with Crippen LogP contribution in [-0.4, -0.2) is 70.3 Å². The smallest absolute Gasteiger partial charge is 0.228 e. The van der Waals surface area contributed by atoms with Gasteiger partial charge in [-0.05, 0) is 12.8 Å². The molecule has 0 N–H and O–H groups in total. The molecule has 1 aliphatic carbocycles. The molecule has 2 amide bonds. The second-order valence-corrected chi connectivity index (χ2v) is 6.55. The molecule has 1 saturated carbocycles. The van der Waals surface area contributed by atoms with E-state index in [-0.39, 0.29) is 17.7 Å². The summed E-state index contributed by atoms with van der Waals surface area (Å²) in [7, 11) is 0. The Labute approximate surface area is 135 Å². The van der Waals surface area contributed by atoms with Gasteiger partial charge in [0.25, 0.3) is 0 Å². The number of likely N-dealkylation sites (tertiary alicyclic amines) is 1. The molecule has 7 nitrogen and oxygen atoms in total. The van der Waals surface area contributed by atoms with E-state index >= 15 is 0 Å². The van der Waals surface area contributed by atoms with Gasteiger partial charge in [-0.25, -0.2) is 4.98 Å². The molecule has 1 aromatic heterocycles. The Morgan fingerprint density at radius 1 is 1.13 bits per heavy atom. The first kappa shape index (κ1) is 14.4. The Morgan fingerprint density at radius 3 is 2.57 bits per heavy atom. The zero-order valence-electron chi connectivity index (χ0n) is 13.1. The molecule has 122 valence electrons. The van der Waals surface area contributed by atoms with E-state index in [2.05, 4.69) is 14.9 Å². The summed E-state index contributed by atoms with van der Waals surface area (Å²) < 4.78 is 0. The largest absolute Gasteiger partial charge is 0.352 e. The maximum Gasteiger partial charge on any atom is 0.228 e. The molecule has 1 atom stereocenters. The third-order valence-corrected chi connectivity index (χ3v) is 4.96. The van der Waals surface area contributed by atoms with Crippen molar-refractivity contribution in [2.24, 2.45) is 5.92 Å². The van der Waals surface area contributed by atoms with E-state index in [1.807, 2.05) is 9.80 Å². The first-order valence-electron chi connectivity index (χ1n) is 8.31. The molecular weight excluding hydrogens is 294 g/mol. The van der Waals surface area contributed by atoms with E-state index in [1.165, 1.54) is 0 Å². The summed E-state index contributed by atoms with van der Waals surface area (Å²) in [4.78, 5) is 39.1. The van der Waals surface area contributed by atoms with Crippen molar-refractivity contribution in [3.63, 3.8) is 0 Å². The second-order valence-electron chi connectivity index (χ2n) is 6.55. The van der Waals surface area contributed by atoms with Crippen LogP contribution in [0.1, 0.15) is 19.3 Å². The highest BCUT2D eigenvalue weighted by atomic mass is 16.2. The summed E-state index contributed by atoms with van der Waals surface area (Å²) in [6.45, 7) is 3.51. The highest BCUT2D eigenvalue weighted by Gasteiger charge is 2.43. The SMILES string of the molecule is O=C([C@@H]1CC(=O)N(C2CC2)C1)N1CCN(c2cnccn2)CC1. The van der Waals surface area contributed by atoms with Gasteiger partial charge in [-0.3, -0.25) is 14.6 Å². The Morgan fingerprint density at radius 2 is 1.91 bits per heavy atom. The molecule has 0 aromatic carbocycles. The molecule has 0 spiro atoms. The van der Waals surface area contributed by atoms with Crippen molar-refractivity contribution in [2.75, 3.05) is 37.6 Å². The molecular formula is C16H21N5O2. The summed E-state index contributed by atoms with van der Waals surface area (Å²) in [6, 6.07) is 0.411. The Kier molecular flexibility index (Phi) is 3.63. The van der Waals surface area contributed by atoms with E-state index in [1.54, 1.807) is 18.6 Å². The fourth-order valence-electron chi connectivity index (χ4n) is 3.50. The first-order chi connectivity index (χ1) is 11.2. The minimum absolute atomic E-state index is 0.139. The average molecular weight is 315 g/mol. The van der Waals surface area contributed by atoms with Gasteiger partial charge in [-0.2, -0.15) is 0 Å². The van der Waals surface area contributed by atoms with Crippen LogP contribution in [0, 0.1) is 5.92 Å². The lowest BCUT2D eigenvalue weighted by atomic mass is 10.1. The lowest BCUT2D eigenvalue weighted by Crippen LogP contribution is -2.51. The first-order valence-corrected chi connectivity index (χ1v) is 8.31. The van der Waals surface area contributed by atoms with Crippen molar-refractivity contribution in [3.8, 4) is 0 Å². The monoisotopic (exact) mass is 315 g/mol. The Balaban J connectivity index is 1.33. The van der Waals surface area contributed by atoms with E-state index in [9.17, 15) is 9.59 Å². The minimum Gasteiger partial charge on any atom is -0.352 e. The fraction of sp³-hybridized carbons (Fsp3) is 0.625. The molecule has 3 heterocycles. The number of amides is 2. The van der Waals surface area contributed by atoms with Gasteiger partial charge in [0.05, 0.1) is 12.1 Å². The molecule has 7 heteroatoms. The van der Waals surface area contributed by atoms with Crippen molar-refractivity contribution in [2.45, 2.75) is 25.3 Å². The minimum atomic E-state index is -0.147. The summed E-state index contributed by atoms with van der Waals surface area (Å²) in [5.74, 6) is 1.01. The standard InChI is InChI=1S/C16H21N5O2/c22-15-9-12(11-21(15)13-1-2-13)16(23)20-7-5-19(6-8-20)14-10-17-3-4-18-14/h3-4,10,12-13H,1-2,5-9,11H2/t12-/m1/s1. The number of nitrogens with zero attached hydrogens (tertiary/aromatic N) is 5. The molecule has 4 rings (SSSR count). The normalized spacial score (nSPS) is 25.1. The number of rotatable bonds is 3. The molecule has 2 aliphatic heterocycles. The van der Waals surface area contributed by atoms with Gasteiger partial charge in [-0.15, -0.1) is 0 Å². The van der Waals surface area contributed by atoms with Crippen molar-refractivity contribution in [1.29, 1.82) is 0 Å². The predicted molar refractivity (Wildman–Crippen MR) is 83.7 cm³/mol. The third kappa shape index (κ3) is 2.87. The molecule has 23 heavy (non-hydrogen) atoms. The van der Waals surface area contributed by atoms with Gasteiger partial charge in [0.1, 0.15) is 5.82 Å². The van der Waals surface area contributed by atoms with E-state index in [0.717, 1.165) is 31.7 Å². The van der Waals surface area contributed by atoms with Crippen molar-refractivity contribution in [3.05, 3.63) is 18.6 Å². The van der Waals surface area contributed by atoms with Crippen LogP contribution >= 0.6 is 0 Å². The van der Waals surface area contributed by atoms with Crippen LogP contribution in [0.25, 0.3) is 0 Å². The van der Waals surface area contributed by atoms with Crippen LogP contribution in [0.15, 0.2) is 18.6 Å². The van der Waals surface area contributed by atoms with Crippen LogP contribution in [0.3, 0.4) is 0 Å². The van der Waals surface area contributed by atoms with Crippen molar-refractivity contribution >= 4 is 17.6 Å². The molecule has 3 fully saturated rings. The zero-order chi connectivity index (χ0) is 15.8. The van der Waals surface area contributed by atoms with Crippen molar-refractivity contribution < 1.29 is 9.59 Å². The van der Waals surface area contributed by atoms with Gasteiger partial charge in [0, 0.05) is 57.6 Å². The molecule has 0 unspecified atom stereocenters. The highest BCUT2D eigenvalue weighted by Crippen LogP contribution is 2.33. The lowest BCUT2D eigenvalue weighted by Gasteiger charge is -2.36. The van der Waals surface area contributed by atoms with Crippen LogP contribution in [0.2, 0.25) is 0 Å². The van der Waals surface area contributed by atoms with Gasteiger partial charge in [0.15, 0.2) is 0 Å². The molecule has 0 bridgehead atoms. The van der Waals surface area contributed by atoms with Crippen molar-refractivity contribution in [1.82, 2.24) is 19.8 Å². The molecule has 3 aliphatic rings. The van der Waals surface area contributed by atoms with Crippen LogP contribution in [0.4, 0.5) is 5.82 Å². The number of anilines is 1. The van der Waals surface area contributed by atoms with Gasteiger partial charge < -0.3 is 14.7 Å². The summed E-state index contributed by atoms with van der Waals surface area (Å²) in [5, 5.41) is 0. The van der Waals surface area contributed by atoms with Gasteiger partial charge in [-0.1, -0.05) is 0 Å². The Bertz CT molecular complexity index is 596. The molecule has 0 radical (unpaired) electrons. The number of carbonyl (C=O) groups excluding carboxylic acids is 2. The Hall–Kier alpha value is -2.18. The molecule has 2 saturated heterocycles. The highest BCUT2D eigenvalue weighted by molar-refractivity contribution is 5.89. The van der Waals surface area contributed by atoms with Gasteiger partial charge in [0.2, 0.25) is 11.8 Å². The number of hydrogen-bond acceptors (Lipinski definition) is 5. The fourth-order valence-corrected chi connectivity index (χ4v) is 3.50. The second kappa shape index (κ2) is 5.79. The van der Waals surface area contributed by atoms with Crippen LogP contribution in [0.5, 0.6) is 0 Å². The van der Waals surface area contributed by atoms with Gasteiger partial charge >= 0.3 is 0 Å². The predicted octanol–water partition coefficient (Wildman–Crippen LogP) is 0.136. The number of hydrogen-bond donors (Lipinski definition) is 0. The van der Waals surface area contributed by atoms with Crippen LogP contribution in [-0.2, 0) is 9.59 Å². The maximum absolute atomic E-state index is 12.7. The summed E-state index contributed by atoms with van der Waals surface area (Å²) in [6.07, 6.45) is 7.68. The van der Waals surface area contributed by atoms with Crippen LogP contribution < -0.4 is 4.90 Å². The topological polar surface area (TPSA) is 69.6 Å². The zero-order valence-corrected chi connectivity index (χ0v) is 13.1. The molecule has 1 aromatic rings. The van der Waals surface area contributed by atoms with E-state index in [4.69, 9.17) is 0 Å². The summed E-state index contributed by atoms with van der Waals surface area (Å²) >= 11 is 0.